The SMILES string of the molecule is CC(C)N(CC1CC1)C(=O)c1cccc2c1CCNC2. The molecule has 0 bridgehead atoms. The molecule has 20 heavy (non-hydrogen) atoms. The molecule has 0 atom stereocenters. The summed E-state index contributed by atoms with van der Waals surface area (Å²) in [6.45, 7) is 7.04. The molecule has 1 aromatic rings. The summed E-state index contributed by atoms with van der Waals surface area (Å²) < 4.78 is 0. The summed E-state index contributed by atoms with van der Waals surface area (Å²) in [4.78, 5) is 15.0. The molecular formula is C17H24N2O. The fraction of sp³-hybridized carbons (Fsp3) is 0.588. The number of carbonyl (C=O) groups is 1. The van der Waals surface area contributed by atoms with Crippen LogP contribution in [0.1, 0.15) is 48.2 Å². The van der Waals surface area contributed by atoms with Crippen LogP contribution in [0.3, 0.4) is 0 Å². The third kappa shape index (κ3) is 2.73. The van der Waals surface area contributed by atoms with Crippen LogP contribution in [-0.4, -0.2) is 29.9 Å². The van der Waals surface area contributed by atoms with E-state index < -0.39 is 0 Å². The molecular weight excluding hydrogens is 248 g/mol. The lowest BCUT2D eigenvalue weighted by Gasteiger charge is -2.29. The predicted molar refractivity (Wildman–Crippen MR) is 80.7 cm³/mol. The largest absolute Gasteiger partial charge is 0.336 e. The van der Waals surface area contributed by atoms with Gasteiger partial charge in [0.1, 0.15) is 0 Å². The molecule has 1 amide bonds. The smallest absolute Gasteiger partial charge is 0.254 e. The molecule has 1 aliphatic carbocycles. The summed E-state index contributed by atoms with van der Waals surface area (Å²) in [5, 5.41) is 3.38. The zero-order valence-electron chi connectivity index (χ0n) is 12.5. The third-order valence-corrected chi connectivity index (χ3v) is 4.41. The second-order valence-electron chi connectivity index (χ2n) is 6.36. The van der Waals surface area contributed by atoms with Gasteiger partial charge in [0.25, 0.3) is 5.91 Å². The van der Waals surface area contributed by atoms with Crippen molar-refractivity contribution >= 4 is 5.91 Å². The van der Waals surface area contributed by atoms with E-state index >= 15 is 0 Å². The Labute approximate surface area is 121 Å². The van der Waals surface area contributed by atoms with E-state index in [4.69, 9.17) is 0 Å². The van der Waals surface area contributed by atoms with Gasteiger partial charge in [0.05, 0.1) is 0 Å². The van der Waals surface area contributed by atoms with Crippen LogP contribution in [0, 0.1) is 5.92 Å². The Morgan fingerprint density at radius 3 is 2.90 bits per heavy atom. The van der Waals surface area contributed by atoms with E-state index in [0.29, 0.717) is 0 Å². The molecule has 1 fully saturated rings. The van der Waals surface area contributed by atoms with Gasteiger partial charge < -0.3 is 10.2 Å². The van der Waals surface area contributed by atoms with Crippen molar-refractivity contribution in [3.8, 4) is 0 Å². The minimum atomic E-state index is 0.227. The monoisotopic (exact) mass is 272 g/mol. The van der Waals surface area contributed by atoms with Crippen LogP contribution in [-0.2, 0) is 13.0 Å². The topological polar surface area (TPSA) is 32.3 Å². The summed E-state index contributed by atoms with van der Waals surface area (Å²) in [7, 11) is 0. The van der Waals surface area contributed by atoms with Gasteiger partial charge in [-0.15, -0.1) is 0 Å². The first kappa shape index (κ1) is 13.6. The molecule has 0 radical (unpaired) electrons. The summed E-state index contributed by atoms with van der Waals surface area (Å²) in [5.74, 6) is 0.966. The van der Waals surface area contributed by atoms with E-state index in [-0.39, 0.29) is 11.9 Å². The number of nitrogens with zero attached hydrogens (tertiary/aromatic N) is 1. The standard InChI is InChI=1S/C17H24N2O/c1-12(2)19(11-13-6-7-13)17(20)16-5-3-4-14-10-18-9-8-15(14)16/h3-5,12-13,18H,6-11H2,1-2H3. The van der Waals surface area contributed by atoms with Crippen molar-refractivity contribution in [3.63, 3.8) is 0 Å². The zero-order chi connectivity index (χ0) is 14.1. The van der Waals surface area contributed by atoms with E-state index in [1.165, 1.54) is 24.0 Å². The zero-order valence-corrected chi connectivity index (χ0v) is 12.5. The van der Waals surface area contributed by atoms with Crippen molar-refractivity contribution in [1.82, 2.24) is 10.2 Å². The number of benzene rings is 1. The van der Waals surface area contributed by atoms with Crippen LogP contribution in [0.25, 0.3) is 0 Å². The highest BCUT2D eigenvalue weighted by Crippen LogP contribution is 2.31. The highest BCUT2D eigenvalue weighted by molar-refractivity contribution is 5.96. The molecule has 1 N–H and O–H groups in total. The average Bonchev–Trinajstić information content (AvgIpc) is 3.27. The maximum atomic E-state index is 12.9. The Morgan fingerprint density at radius 2 is 2.20 bits per heavy atom. The van der Waals surface area contributed by atoms with E-state index in [0.717, 1.165) is 37.5 Å². The van der Waals surface area contributed by atoms with Crippen LogP contribution >= 0.6 is 0 Å². The minimum absolute atomic E-state index is 0.227. The van der Waals surface area contributed by atoms with Crippen molar-refractivity contribution in [2.75, 3.05) is 13.1 Å². The van der Waals surface area contributed by atoms with E-state index in [1.54, 1.807) is 0 Å². The second-order valence-corrected chi connectivity index (χ2v) is 6.36. The molecule has 1 saturated carbocycles. The number of hydrogen-bond acceptors (Lipinski definition) is 2. The van der Waals surface area contributed by atoms with Crippen molar-refractivity contribution in [3.05, 3.63) is 34.9 Å². The maximum absolute atomic E-state index is 12.9. The first-order valence-corrected chi connectivity index (χ1v) is 7.79. The Bertz CT molecular complexity index is 506. The Hall–Kier alpha value is -1.35. The van der Waals surface area contributed by atoms with Crippen LogP contribution < -0.4 is 5.32 Å². The van der Waals surface area contributed by atoms with Crippen molar-refractivity contribution in [1.29, 1.82) is 0 Å². The lowest BCUT2D eigenvalue weighted by Crippen LogP contribution is -2.39. The number of fused-ring (bicyclic) bond motifs is 1. The molecule has 3 nitrogen and oxygen atoms in total. The van der Waals surface area contributed by atoms with Crippen LogP contribution in [0.15, 0.2) is 18.2 Å². The Balaban J connectivity index is 1.88. The van der Waals surface area contributed by atoms with Gasteiger partial charge in [-0.1, -0.05) is 12.1 Å². The molecule has 1 heterocycles. The molecule has 0 spiro atoms. The highest BCUT2D eigenvalue weighted by atomic mass is 16.2. The number of carbonyl (C=O) groups excluding carboxylic acids is 1. The summed E-state index contributed by atoms with van der Waals surface area (Å²) >= 11 is 0. The quantitative estimate of drug-likeness (QED) is 0.913. The van der Waals surface area contributed by atoms with E-state index in [2.05, 4.69) is 30.1 Å². The number of hydrogen-bond donors (Lipinski definition) is 1. The van der Waals surface area contributed by atoms with Crippen molar-refractivity contribution < 1.29 is 4.79 Å². The molecule has 108 valence electrons. The lowest BCUT2D eigenvalue weighted by molar-refractivity contribution is 0.0694. The Kier molecular flexibility index (Phi) is 3.79. The average molecular weight is 272 g/mol. The van der Waals surface area contributed by atoms with Crippen LogP contribution in [0.4, 0.5) is 0 Å². The maximum Gasteiger partial charge on any atom is 0.254 e. The molecule has 0 aromatic heterocycles. The van der Waals surface area contributed by atoms with Gasteiger partial charge >= 0.3 is 0 Å². The fourth-order valence-electron chi connectivity index (χ4n) is 2.99. The molecule has 3 heteroatoms. The van der Waals surface area contributed by atoms with Gasteiger partial charge in [0.2, 0.25) is 0 Å². The van der Waals surface area contributed by atoms with Gasteiger partial charge in [-0.3, -0.25) is 4.79 Å². The van der Waals surface area contributed by atoms with Gasteiger partial charge in [-0.25, -0.2) is 0 Å². The fourth-order valence-corrected chi connectivity index (χ4v) is 2.99. The number of rotatable bonds is 4. The van der Waals surface area contributed by atoms with E-state index in [1.807, 2.05) is 12.1 Å². The summed E-state index contributed by atoms with van der Waals surface area (Å²) in [6.07, 6.45) is 3.53. The first-order valence-electron chi connectivity index (χ1n) is 7.79. The van der Waals surface area contributed by atoms with Crippen LogP contribution in [0.2, 0.25) is 0 Å². The second kappa shape index (κ2) is 5.57. The predicted octanol–water partition coefficient (Wildman–Crippen LogP) is 2.59. The normalized spacial score (nSPS) is 17.9. The van der Waals surface area contributed by atoms with Gasteiger partial charge in [0, 0.05) is 24.7 Å². The molecule has 3 rings (SSSR count). The molecule has 1 aliphatic heterocycles. The molecule has 0 unspecified atom stereocenters. The first-order chi connectivity index (χ1) is 9.66. The number of nitrogens with one attached hydrogen (secondary N) is 1. The van der Waals surface area contributed by atoms with Gasteiger partial charge in [-0.05, 0) is 62.8 Å². The van der Waals surface area contributed by atoms with Gasteiger partial charge in [0.15, 0.2) is 0 Å². The summed E-state index contributed by atoms with van der Waals surface area (Å²) in [6, 6.07) is 6.45. The number of amides is 1. The van der Waals surface area contributed by atoms with Gasteiger partial charge in [-0.2, -0.15) is 0 Å². The molecule has 0 saturated heterocycles. The minimum Gasteiger partial charge on any atom is -0.336 e. The van der Waals surface area contributed by atoms with Crippen molar-refractivity contribution in [2.24, 2.45) is 5.92 Å². The summed E-state index contributed by atoms with van der Waals surface area (Å²) in [5.41, 5.74) is 3.48. The van der Waals surface area contributed by atoms with Crippen LogP contribution in [0.5, 0.6) is 0 Å². The lowest BCUT2D eigenvalue weighted by atomic mass is 9.94. The molecule has 1 aromatic carbocycles. The highest BCUT2D eigenvalue weighted by Gasteiger charge is 2.30. The van der Waals surface area contributed by atoms with Crippen molar-refractivity contribution in [2.45, 2.75) is 45.7 Å². The molecule has 2 aliphatic rings. The Morgan fingerprint density at radius 1 is 1.40 bits per heavy atom. The van der Waals surface area contributed by atoms with E-state index in [9.17, 15) is 4.79 Å². The third-order valence-electron chi connectivity index (χ3n) is 4.41.